The van der Waals surface area contributed by atoms with E-state index in [2.05, 4.69) is 28.8 Å². The smallest absolute Gasteiger partial charge is 0.408 e. The van der Waals surface area contributed by atoms with E-state index in [0.717, 1.165) is 24.8 Å². The Kier molecular flexibility index (Phi) is 11.1. The Morgan fingerprint density at radius 2 is 1.94 bits per heavy atom. The third kappa shape index (κ3) is 8.20. The van der Waals surface area contributed by atoms with Crippen LogP contribution in [0.25, 0.3) is 10.9 Å². The molecule has 0 unspecified atom stereocenters. The van der Waals surface area contributed by atoms with E-state index in [1.165, 1.54) is 17.0 Å². The van der Waals surface area contributed by atoms with Crippen molar-refractivity contribution in [2.45, 2.75) is 121 Å². The lowest BCUT2D eigenvalue weighted by Gasteiger charge is -2.36. The highest BCUT2D eigenvalue weighted by molar-refractivity contribution is 5.97. The minimum Gasteiger partial charge on any atom is -0.483 e. The second-order valence-corrected chi connectivity index (χ2v) is 15.0. The summed E-state index contributed by atoms with van der Waals surface area (Å²) < 4.78 is 32.0. The summed E-state index contributed by atoms with van der Waals surface area (Å²) in [7, 11) is 0. The van der Waals surface area contributed by atoms with Crippen molar-refractivity contribution in [1.82, 2.24) is 20.5 Å². The zero-order valence-electron chi connectivity index (χ0n) is 30.4. The highest BCUT2D eigenvalue weighted by Gasteiger charge is 2.63. The summed E-state index contributed by atoms with van der Waals surface area (Å²) in [5, 5.41) is 6.36. The first-order valence-electron chi connectivity index (χ1n) is 18.0. The number of ether oxygens (including phenoxy) is 3. The van der Waals surface area contributed by atoms with Crippen LogP contribution in [0.4, 0.5) is 9.18 Å². The quantitative estimate of drug-likeness (QED) is 0.147. The summed E-state index contributed by atoms with van der Waals surface area (Å²) in [6.45, 7) is 16.5. The van der Waals surface area contributed by atoms with Crippen LogP contribution in [0.3, 0.4) is 0 Å². The highest BCUT2D eigenvalue weighted by atomic mass is 19.1. The number of unbranched alkanes of at least 4 members (excludes halogenated alkanes) is 3. The lowest BCUT2D eigenvalue weighted by molar-refractivity contribution is -0.150. The average Bonchev–Trinajstić information content (AvgIpc) is 3.67. The molecule has 276 valence electrons. The number of carbonyl (C=O) groups excluding carboxylic acids is 4. The van der Waals surface area contributed by atoms with E-state index < -0.39 is 52.7 Å². The molecule has 51 heavy (non-hydrogen) atoms. The van der Waals surface area contributed by atoms with E-state index in [9.17, 15) is 23.6 Å². The van der Waals surface area contributed by atoms with Gasteiger partial charge in [-0.2, -0.15) is 0 Å². The summed E-state index contributed by atoms with van der Waals surface area (Å²) >= 11 is 0. The summed E-state index contributed by atoms with van der Waals surface area (Å²) in [6, 6.07) is 2.44. The monoisotopic (exact) mass is 706 g/mol. The first kappa shape index (κ1) is 37.8. The van der Waals surface area contributed by atoms with Crippen LogP contribution < -0.4 is 15.4 Å². The van der Waals surface area contributed by atoms with E-state index in [1.807, 2.05) is 13.0 Å². The molecule has 5 rings (SSSR count). The Morgan fingerprint density at radius 1 is 1.18 bits per heavy atom. The SMILES string of the molecule is C=CCCCCC[C@H](NC(=O)OC(C)(C)C)C(=O)N1C[C@@]2(CCc3c(c(C)nc4ccc(F)cc34)O2)C[C@H]1C(=O)N[C@]1(C(=O)OCC)C[C@H]1C=C. The zero-order chi connectivity index (χ0) is 37.1. The summed E-state index contributed by atoms with van der Waals surface area (Å²) in [4.78, 5) is 61.2. The fourth-order valence-corrected chi connectivity index (χ4v) is 7.38. The van der Waals surface area contributed by atoms with Gasteiger partial charge in [0.25, 0.3) is 0 Å². The molecule has 3 aliphatic rings. The van der Waals surface area contributed by atoms with Gasteiger partial charge in [-0.1, -0.05) is 25.0 Å². The number of halogens is 1. The van der Waals surface area contributed by atoms with Gasteiger partial charge in [-0.3, -0.25) is 9.59 Å². The maximum absolute atomic E-state index is 14.6. The van der Waals surface area contributed by atoms with Crippen LogP contribution in [0.2, 0.25) is 0 Å². The van der Waals surface area contributed by atoms with Crippen LogP contribution in [0.1, 0.15) is 90.3 Å². The van der Waals surface area contributed by atoms with Gasteiger partial charge >= 0.3 is 12.1 Å². The molecule has 2 N–H and O–H groups in total. The molecule has 1 aromatic carbocycles. The number of pyridine rings is 1. The maximum atomic E-state index is 14.6. The number of alkyl carbamates (subject to hydrolysis) is 1. The molecule has 1 spiro atoms. The number of rotatable bonds is 13. The van der Waals surface area contributed by atoms with Crippen LogP contribution >= 0.6 is 0 Å². The second kappa shape index (κ2) is 15.0. The minimum atomic E-state index is -1.28. The number of nitrogens with zero attached hydrogens (tertiary/aromatic N) is 2. The largest absolute Gasteiger partial charge is 0.483 e. The lowest BCUT2D eigenvalue weighted by atomic mass is 9.87. The molecule has 3 amide bonds. The van der Waals surface area contributed by atoms with Crippen molar-refractivity contribution >= 4 is 34.8 Å². The summed E-state index contributed by atoms with van der Waals surface area (Å²) in [6.07, 6.45) is 7.61. The zero-order valence-corrected chi connectivity index (χ0v) is 30.4. The van der Waals surface area contributed by atoms with E-state index in [-0.39, 0.29) is 31.3 Å². The molecular weight excluding hydrogens is 655 g/mol. The van der Waals surface area contributed by atoms with E-state index in [4.69, 9.17) is 14.2 Å². The molecule has 2 aromatic rings. The fourth-order valence-electron chi connectivity index (χ4n) is 7.38. The van der Waals surface area contributed by atoms with Gasteiger partial charge < -0.3 is 29.7 Å². The Hall–Kier alpha value is -4.48. The normalized spacial score (nSPS) is 24.2. The molecular formula is C39H51FN4O7. The Morgan fingerprint density at radius 3 is 2.61 bits per heavy atom. The average molecular weight is 707 g/mol. The number of hydrogen-bond donors (Lipinski definition) is 2. The second-order valence-electron chi connectivity index (χ2n) is 15.0. The number of esters is 1. The maximum Gasteiger partial charge on any atom is 0.408 e. The third-order valence-electron chi connectivity index (χ3n) is 9.98. The van der Waals surface area contributed by atoms with Crippen molar-refractivity contribution in [1.29, 1.82) is 0 Å². The number of benzene rings is 1. The van der Waals surface area contributed by atoms with Crippen LogP contribution in [0.5, 0.6) is 5.75 Å². The van der Waals surface area contributed by atoms with Crippen molar-refractivity contribution in [2.75, 3.05) is 13.2 Å². The molecule has 0 bridgehead atoms. The molecule has 5 atom stereocenters. The van der Waals surface area contributed by atoms with Crippen LogP contribution in [-0.4, -0.2) is 75.7 Å². The number of fused-ring (bicyclic) bond motifs is 3. The van der Waals surface area contributed by atoms with Crippen LogP contribution in [0.15, 0.2) is 43.5 Å². The molecule has 1 saturated heterocycles. The number of aromatic nitrogens is 1. The van der Waals surface area contributed by atoms with E-state index in [1.54, 1.807) is 39.8 Å². The van der Waals surface area contributed by atoms with Gasteiger partial charge in [0.05, 0.1) is 24.4 Å². The Labute approximate surface area is 299 Å². The summed E-state index contributed by atoms with van der Waals surface area (Å²) in [5.74, 6) is -1.72. The van der Waals surface area contributed by atoms with Gasteiger partial charge in [0.1, 0.15) is 40.4 Å². The number of hydrogen-bond acceptors (Lipinski definition) is 8. The molecule has 12 heteroatoms. The molecule has 2 fully saturated rings. The van der Waals surface area contributed by atoms with Crippen molar-refractivity contribution < 1.29 is 37.8 Å². The van der Waals surface area contributed by atoms with Gasteiger partial charge in [-0.25, -0.2) is 19.0 Å². The molecule has 0 radical (unpaired) electrons. The standard InChI is InChI=1S/C39H51FN4O7/c1-8-11-12-13-14-15-30(42-36(48)51-37(5,6)7)34(46)44-23-38(22-31(44)33(45)43-39(21-25(39)9-2)35(47)49-10-3)19-18-27-28-20-26(40)16-17-29(28)41-24(4)32(27)50-38/h8-9,16-17,20,25,30-31H,1-2,10-15,18-19,21-23H2,3-7H3,(H,42,48)(H,43,45)/t25-,30+,31+,38-,39-/m1/s1. The minimum absolute atomic E-state index is 0.0459. The number of amides is 3. The number of likely N-dealkylation sites (tertiary alicyclic amines) is 1. The van der Waals surface area contributed by atoms with Crippen molar-refractivity contribution in [3.8, 4) is 5.75 Å². The molecule has 11 nitrogen and oxygen atoms in total. The van der Waals surface area contributed by atoms with Crippen molar-refractivity contribution in [2.24, 2.45) is 5.92 Å². The van der Waals surface area contributed by atoms with Crippen LogP contribution in [0, 0.1) is 18.7 Å². The van der Waals surface area contributed by atoms with Gasteiger partial charge in [0.15, 0.2) is 0 Å². The van der Waals surface area contributed by atoms with Gasteiger partial charge in [-0.15, -0.1) is 13.2 Å². The van der Waals surface area contributed by atoms with Crippen molar-refractivity contribution in [3.63, 3.8) is 0 Å². The molecule has 2 aliphatic heterocycles. The van der Waals surface area contributed by atoms with Gasteiger partial charge in [0, 0.05) is 23.3 Å². The molecule has 1 aliphatic carbocycles. The molecule has 1 aromatic heterocycles. The number of nitrogens with one attached hydrogen (secondary N) is 2. The third-order valence-corrected chi connectivity index (χ3v) is 9.98. The molecule has 3 heterocycles. The Balaban J connectivity index is 1.48. The topological polar surface area (TPSA) is 136 Å². The summed E-state index contributed by atoms with van der Waals surface area (Å²) in [5.41, 5.74) is -0.963. The number of allylic oxidation sites excluding steroid dienone is 1. The first-order valence-corrected chi connectivity index (χ1v) is 18.0. The predicted molar refractivity (Wildman–Crippen MR) is 190 cm³/mol. The van der Waals surface area contributed by atoms with E-state index in [0.29, 0.717) is 54.5 Å². The molecule has 1 saturated carbocycles. The Bertz CT molecular complexity index is 1710. The predicted octanol–water partition coefficient (Wildman–Crippen LogP) is 6.00. The van der Waals surface area contributed by atoms with Gasteiger partial charge in [-0.05, 0) is 91.3 Å². The lowest BCUT2D eigenvalue weighted by Crippen LogP contribution is -2.57. The van der Waals surface area contributed by atoms with Gasteiger partial charge in [0.2, 0.25) is 11.8 Å². The van der Waals surface area contributed by atoms with Crippen molar-refractivity contribution in [3.05, 3.63) is 60.6 Å². The fraction of sp³-hybridized carbons (Fsp3) is 0.564. The van der Waals surface area contributed by atoms with E-state index >= 15 is 0 Å². The van der Waals surface area contributed by atoms with Crippen LogP contribution in [-0.2, 0) is 30.3 Å². The number of aryl methyl sites for hydroxylation is 2. The highest BCUT2D eigenvalue weighted by Crippen LogP contribution is 2.47. The first-order chi connectivity index (χ1) is 24.2. The number of carbonyl (C=O) groups is 4.